The number of ether oxygens (including phenoxy) is 2. The normalized spacial score (nSPS) is 18.1. The molecule has 3 aromatic carbocycles. The first kappa shape index (κ1) is 28.8. The van der Waals surface area contributed by atoms with Crippen LogP contribution in [-0.4, -0.2) is 12.8 Å². The number of alkyl halides is 5. The van der Waals surface area contributed by atoms with Crippen LogP contribution in [0.2, 0.25) is 0 Å². The Bertz CT molecular complexity index is 1350. The van der Waals surface area contributed by atoms with Gasteiger partial charge in [-0.15, -0.1) is 0 Å². The molecule has 1 heterocycles. The minimum atomic E-state index is -4.95. The maximum Gasteiger partial charge on any atom is 0.458 e. The van der Waals surface area contributed by atoms with Gasteiger partial charge in [-0.05, 0) is 66.5 Å². The van der Waals surface area contributed by atoms with E-state index in [-0.39, 0.29) is 22.6 Å². The second-order valence-corrected chi connectivity index (χ2v) is 9.68. The van der Waals surface area contributed by atoms with Gasteiger partial charge in [-0.1, -0.05) is 50.3 Å². The molecule has 0 saturated carbocycles. The van der Waals surface area contributed by atoms with Gasteiger partial charge in [0.05, 0.1) is 23.8 Å². The van der Waals surface area contributed by atoms with Crippen LogP contribution in [0.4, 0.5) is 30.7 Å². The first-order valence-corrected chi connectivity index (χ1v) is 12.8. The lowest BCUT2D eigenvalue weighted by Crippen LogP contribution is -2.22. The van der Waals surface area contributed by atoms with Crippen molar-refractivity contribution in [2.75, 3.05) is 6.61 Å². The second kappa shape index (κ2) is 11.9. The fourth-order valence-corrected chi connectivity index (χ4v) is 4.70. The predicted molar refractivity (Wildman–Crippen MR) is 133 cm³/mol. The molecule has 2 unspecified atom stereocenters. The Morgan fingerprint density at radius 2 is 1.69 bits per heavy atom. The summed E-state index contributed by atoms with van der Waals surface area (Å²) in [7, 11) is 0. The number of hydrogen-bond donors (Lipinski definition) is 0. The zero-order valence-electron chi connectivity index (χ0n) is 21.2. The van der Waals surface area contributed by atoms with Crippen LogP contribution in [0.25, 0.3) is 10.8 Å². The van der Waals surface area contributed by atoms with Crippen molar-refractivity contribution in [3.05, 3.63) is 76.9 Å². The van der Waals surface area contributed by atoms with Crippen LogP contribution in [0.1, 0.15) is 68.2 Å². The first-order valence-electron chi connectivity index (χ1n) is 12.8. The molecule has 0 N–H and O–H groups in total. The van der Waals surface area contributed by atoms with Crippen molar-refractivity contribution in [2.45, 2.75) is 63.8 Å². The fraction of sp³-hybridized carbons (Fsp3) is 0.400. The number of hydrogen-bond acceptors (Lipinski definition) is 2. The van der Waals surface area contributed by atoms with E-state index >= 15 is 0 Å². The summed E-state index contributed by atoms with van der Waals surface area (Å²) >= 11 is 0. The summed E-state index contributed by atoms with van der Waals surface area (Å²) in [6.07, 6.45) is -2.31. The molecule has 2 nitrogen and oxygen atoms in total. The van der Waals surface area contributed by atoms with Crippen molar-refractivity contribution < 1.29 is 40.2 Å². The van der Waals surface area contributed by atoms with Crippen LogP contribution in [-0.2, 0) is 10.8 Å². The lowest BCUT2D eigenvalue weighted by molar-refractivity contribution is -0.185. The largest absolute Gasteiger partial charge is 0.458 e. The average molecular weight is 553 g/mol. The minimum absolute atomic E-state index is 0.113. The molecule has 0 spiro atoms. The highest BCUT2D eigenvalue weighted by Gasteiger charge is 2.35. The summed E-state index contributed by atoms with van der Waals surface area (Å²) in [5, 5.41) is -0.631. The monoisotopic (exact) mass is 552 g/mol. The van der Waals surface area contributed by atoms with Gasteiger partial charge in [0.15, 0.2) is 0 Å². The third kappa shape index (κ3) is 7.24. The zero-order chi connectivity index (χ0) is 28.2. The first-order chi connectivity index (χ1) is 18.5. The Balaban J connectivity index is 1.45. The summed E-state index contributed by atoms with van der Waals surface area (Å²) < 4.78 is 107. The lowest BCUT2D eigenvalue weighted by atomic mass is 9.91. The Kier molecular flexibility index (Phi) is 8.75. The van der Waals surface area contributed by atoms with E-state index in [0.29, 0.717) is 18.6 Å². The SMILES string of the molecule is CCCCCC1CCC(c2ccc(OC(F)(F)c3ccc4c(F)c(C#CC(F)(F)F)c(F)cc4c3)cc2)OC1. The highest BCUT2D eigenvalue weighted by Crippen LogP contribution is 2.37. The Hall–Kier alpha value is -3.25. The smallest absolute Gasteiger partial charge is 0.429 e. The highest BCUT2D eigenvalue weighted by atomic mass is 19.4. The third-order valence-electron chi connectivity index (χ3n) is 6.78. The van der Waals surface area contributed by atoms with E-state index in [9.17, 15) is 30.7 Å². The molecule has 0 bridgehead atoms. The summed E-state index contributed by atoms with van der Waals surface area (Å²) in [5.74, 6) is -0.117. The molecular formula is C30H27F7O2. The van der Waals surface area contributed by atoms with E-state index in [1.807, 2.05) is 0 Å². The number of unbranched alkanes of at least 4 members (excludes halogenated alkanes) is 2. The van der Waals surface area contributed by atoms with Crippen molar-refractivity contribution in [1.29, 1.82) is 0 Å². The van der Waals surface area contributed by atoms with Crippen LogP contribution >= 0.6 is 0 Å². The van der Waals surface area contributed by atoms with E-state index in [0.717, 1.165) is 48.9 Å². The van der Waals surface area contributed by atoms with Gasteiger partial charge in [0.25, 0.3) is 0 Å². The molecule has 1 aliphatic heterocycles. The third-order valence-corrected chi connectivity index (χ3v) is 6.78. The molecule has 3 aromatic rings. The molecule has 1 aliphatic rings. The highest BCUT2D eigenvalue weighted by molar-refractivity contribution is 5.85. The topological polar surface area (TPSA) is 18.5 Å². The van der Waals surface area contributed by atoms with Crippen molar-refractivity contribution >= 4 is 10.8 Å². The molecule has 0 radical (unpaired) electrons. The van der Waals surface area contributed by atoms with Crippen LogP contribution < -0.4 is 4.74 Å². The molecular weight excluding hydrogens is 525 g/mol. The number of halogens is 7. The maximum absolute atomic E-state index is 14.9. The zero-order valence-corrected chi connectivity index (χ0v) is 21.2. The molecule has 1 fully saturated rings. The Labute approximate surface area is 222 Å². The lowest BCUT2D eigenvalue weighted by Gasteiger charge is -2.29. The fourth-order valence-electron chi connectivity index (χ4n) is 4.70. The second-order valence-electron chi connectivity index (χ2n) is 9.68. The Morgan fingerprint density at radius 1 is 0.949 bits per heavy atom. The van der Waals surface area contributed by atoms with Crippen molar-refractivity contribution in [2.24, 2.45) is 5.92 Å². The molecule has 39 heavy (non-hydrogen) atoms. The van der Waals surface area contributed by atoms with Crippen LogP contribution in [0, 0.1) is 29.4 Å². The molecule has 0 aromatic heterocycles. The summed E-state index contributed by atoms with van der Waals surface area (Å²) in [4.78, 5) is 0. The summed E-state index contributed by atoms with van der Waals surface area (Å²) in [5.41, 5.74) is -0.917. The molecule has 208 valence electrons. The van der Waals surface area contributed by atoms with Gasteiger partial charge >= 0.3 is 12.3 Å². The molecule has 2 atom stereocenters. The van der Waals surface area contributed by atoms with Gasteiger partial charge in [-0.2, -0.15) is 22.0 Å². The van der Waals surface area contributed by atoms with E-state index in [2.05, 4.69) is 6.92 Å². The van der Waals surface area contributed by atoms with Crippen LogP contribution in [0.3, 0.4) is 0 Å². The molecule has 0 amide bonds. The predicted octanol–water partition coefficient (Wildman–Crippen LogP) is 9.21. The van der Waals surface area contributed by atoms with Gasteiger partial charge in [-0.25, -0.2) is 8.78 Å². The summed E-state index contributed by atoms with van der Waals surface area (Å²) in [6.45, 7) is 2.84. The van der Waals surface area contributed by atoms with Crippen LogP contribution in [0.5, 0.6) is 5.75 Å². The van der Waals surface area contributed by atoms with E-state index < -0.39 is 35.0 Å². The van der Waals surface area contributed by atoms with E-state index in [1.165, 1.54) is 37.3 Å². The Morgan fingerprint density at radius 3 is 2.33 bits per heavy atom. The standard InChI is InChI=1S/C30H27F7O2/c1-2-3-4-5-19-6-13-27(38-18-19)20-7-10-23(11-8-20)39-30(36,37)22-9-12-24-21(16-22)17-26(31)25(28(24)32)14-15-29(33,34)35/h7-12,16-17,19,27H,2-6,13,18H2,1H3. The quantitative estimate of drug-likeness (QED) is 0.158. The average Bonchev–Trinajstić information content (AvgIpc) is 2.88. The van der Waals surface area contributed by atoms with Gasteiger partial charge in [0.1, 0.15) is 17.4 Å². The van der Waals surface area contributed by atoms with Crippen molar-refractivity contribution in [3.63, 3.8) is 0 Å². The number of fused-ring (bicyclic) bond motifs is 1. The van der Waals surface area contributed by atoms with Gasteiger partial charge < -0.3 is 9.47 Å². The minimum Gasteiger partial charge on any atom is -0.429 e. The number of benzene rings is 3. The van der Waals surface area contributed by atoms with E-state index in [1.54, 1.807) is 12.1 Å². The summed E-state index contributed by atoms with van der Waals surface area (Å²) in [6, 6.07) is 9.43. The van der Waals surface area contributed by atoms with Gasteiger partial charge in [0, 0.05) is 11.3 Å². The molecule has 0 aliphatic carbocycles. The molecule has 9 heteroatoms. The van der Waals surface area contributed by atoms with Crippen molar-refractivity contribution in [1.82, 2.24) is 0 Å². The van der Waals surface area contributed by atoms with Crippen molar-refractivity contribution in [3.8, 4) is 17.6 Å². The van der Waals surface area contributed by atoms with E-state index in [4.69, 9.17) is 9.47 Å². The maximum atomic E-state index is 14.9. The van der Waals surface area contributed by atoms with Crippen LogP contribution in [0.15, 0.2) is 48.5 Å². The number of rotatable bonds is 8. The van der Waals surface area contributed by atoms with Gasteiger partial charge in [-0.3, -0.25) is 0 Å². The molecule has 4 rings (SSSR count). The molecule has 1 saturated heterocycles. The van der Waals surface area contributed by atoms with Gasteiger partial charge in [0.2, 0.25) is 0 Å².